The average molecular weight is 269 g/mol. The molecule has 0 spiro atoms. The van der Waals surface area contributed by atoms with Crippen LogP contribution in [0.25, 0.3) is 0 Å². The van der Waals surface area contributed by atoms with E-state index in [2.05, 4.69) is 29.3 Å². The minimum atomic E-state index is -0.273. The van der Waals surface area contributed by atoms with Gasteiger partial charge in [0.2, 0.25) is 0 Å². The molecule has 20 heavy (non-hydrogen) atoms. The summed E-state index contributed by atoms with van der Waals surface area (Å²) in [6.45, 7) is 2.64. The van der Waals surface area contributed by atoms with Crippen molar-refractivity contribution >= 4 is 11.6 Å². The Kier molecular flexibility index (Phi) is 3.14. The molecule has 2 aromatic rings. The Balaban J connectivity index is 1.98. The fourth-order valence-electron chi connectivity index (χ4n) is 2.48. The van der Waals surface area contributed by atoms with Crippen LogP contribution < -0.4 is 10.6 Å². The van der Waals surface area contributed by atoms with Crippen LogP contribution in [0.4, 0.5) is 10.1 Å². The maximum Gasteiger partial charge on any atom is 0.196 e. The maximum absolute atomic E-state index is 13.4. The van der Waals surface area contributed by atoms with Crippen LogP contribution in [0.5, 0.6) is 0 Å². The molecule has 1 atom stereocenters. The topological polar surface area (TPSA) is 41.6 Å². The number of hydrogen-bond acceptors (Lipinski definition) is 3. The number of benzene rings is 2. The molecule has 1 aliphatic rings. The van der Waals surface area contributed by atoms with E-state index in [9.17, 15) is 4.39 Å². The Bertz CT molecular complexity index is 649. The monoisotopic (exact) mass is 269 g/mol. The molecule has 102 valence electrons. The van der Waals surface area contributed by atoms with Crippen molar-refractivity contribution in [1.29, 1.82) is 0 Å². The fraction of sp³-hybridized carbons (Fsp3) is 0.188. The Morgan fingerprint density at radius 3 is 2.65 bits per heavy atom. The van der Waals surface area contributed by atoms with Crippen LogP contribution in [0.3, 0.4) is 0 Å². The minimum absolute atomic E-state index is 0.0254. The minimum Gasteiger partial charge on any atom is -0.369 e. The van der Waals surface area contributed by atoms with E-state index >= 15 is 0 Å². The van der Waals surface area contributed by atoms with E-state index < -0.39 is 0 Å². The average Bonchev–Trinajstić information content (AvgIpc) is 2.81. The van der Waals surface area contributed by atoms with E-state index in [0.717, 1.165) is 11.3 Å². The number of anilines is 1. The zero-order valence-electron chi connectivity index (χ0n) is 11.3. The summed E-state index contributed by atoms with van der Waals surface area (Å²) in [5.41, 5.74) is 9.04. The van der Waals surface area contributed by atoms with Crippen molar-refractivity contribution in [3.05, 3.63) is 65.5 Å². The van der Waals surface area contributed by atoms with Gasteiger partial charge in [0.05, 0.1) is 12.6 Å². The molecule has 3 rings (SSSR count). The smallest absolute Gasteiger partial charge is 0.196 e. The largest absolute Gasteiger partial charge is 0.369 e. The first kappa shape index (κ1) is 12.7. The lowest BCUT2D eigenvalue weighted by Gasteiger charge is -2.26. The van der Waals surface area contributed by atoms with Crippen molar-refractivity contribution in [2.75, 3.05) is 11.4 Å². The van der Waals surface area contributed by atoms with Gasteiger partial charge in [-0.05, 0) is 30.7 Å². The van der Waals surface area contributed by atoms with Crippen LogP contribution in [-0.2, 0) is 0 Å². The molecule has 0 saturated heterocycles. The van der Waals surface area contributed by atoms with Crippen molar-refractivity contribution in [2.45, 2.75) is 13.0 Å². The fourth-order valence-corrected chi connectivity index (χ4v) is 2.48. The molecular weight excluding hydrogens is 253 g/mol. The molecule has 1 aliphatic heterocycles. The summed E-state index contributed by atoms with van der Waals surface area (Å²) < 4.78 is 13.4. The molecule has 0 fully saturated rings. The highest BCUT2D eigenvalue weighted by molar-refractivity contribution is 5.97. The molecule has 2 aromatic carbocycles. The second kappa shape index (κ2) is 4.96. The van der Waals surface area contributed by atoms with Crippen LogP contribution in [-0.4, -0.2) is 12.5 Å². The van der Waals surface area contributed by atoms with Crippen molar-refractivity contribution < 1.29 is 4.39 Å². The first-order valence-electron chi connectivity index (χ1n) is 6.56. The zero-order valence-corrected chi connectivity index (χ0v) is 11.3. The second-order valence-corrected chi connectivity index (χ2v) is 4.98. The van der Waals surface area contributed by atoms with Crippen molar-refractivity contribution in [2.24, 2.45) is 10.7 Å². The predicted molar refractivity (Wildman–Crippen MR) is 79.3 cm³/mol. The number of halogens is 1. The zero-order chi connectivity index (χ0) is 14.1. The number of aryl methyl sites for hydroxylation is 1. The lowest BCUT2D eigenvalue weighted by Crippen LogP contribution is -2.36. The van der Waals surface area contributed by atoms with Crippen molar-refractivity contribution in [1.82, 2.24) is 0 Å². The van der Waals surface area contributed by atoms with Gasteiger partial charge in [0.25, 0.3) is 0 Å². The van der Waals surface area contributed by atoms with Gasteiger partial charge in [0, 0.05) is 5.69 Å². The molecular formula is C16H16FN3. The lowest BCUT2D eigenvalue weighted by atomic mass is 10.0. The molecule has 1 unspecified atom stereocenters. The highest BCUT2D eigenvalue weighted by Crippen LogP contribution is 2.31. The number of nitrogens with two attached hydrogens (primary N) is 1. The van der Waals surface area contributed by atoms with Crippen LogP contribution in [0.1, 0.15) is 17.2 Å². The number of aliphatic imine (C=N–C) groups is 1. The SMILES string of the molecule is Cc1ccc(C2CN=C(N)N2c2cccc(F)c2)cc1. The summed E-state index contributed by atoms with van der Waals surface area (Å²) in [4.78, 5) is 6.18. The highest BCUT2D eigenvalue weighted by Gasteiger charge is 2.28. The van der Waals surface area contributed by atoms with Gasteiger partial charge >= 0.3 is 0 Å². The second-order valence-electron chi connectivity index (χ2n) is 4.98. The quantitative estimate of drug-likeness (QED) is 0.910. The Morgan fingerprint density at radius 1 is 1.20 bits per heavy atom. The third-order valence-corrected chi connectivity index (χ3v) is 3.53. The Hall–Kier alpha value is -2.36. The first-order valence-corrected chi connectivity index (χ1v) is 6.56. The van der Waals surface area contributed by atoms with Gasteiger partial charge in [0.15, 0.2) is 5.96 Å². The molecule has 0 aromatic heterocycles. The number of rotatable bonds is 2. The van der Waals surface area contributed by atoms with Crippen LogP contribution >= 0.6 is 0 Å². The van der Waals surface area contributed by atoms with Gasteiger partial charge in [-0.2, -0.15) is 0 Å². The van der Waals surface area contributed by atoms with E-state index in [0.29, 0.717) is 12.5 Å². The van der Waals surface area contributed by atoms with E-state index in [1.807, 2.05) is 17.9 Å². The summed E-state index contributed by atoms with van der Waals surface area (Å²) in [6.07, 6.45) is 0. The molecule has 4 heteroatoms. The van der Waals surface area contributed by atoms with E-state index in [-0.39, 0.29) is 11.9 Å². The molecule has 0 bridgehead atoms. The van der Waals surface area contributed by atoms with E-state index in [1.165, 1.54) is 17.7 Å². The molecule has 0 aliphatic carbocycles. The number of guanidine groups is 1. The standard InChI is InChI=1S/C16H16FN3/c1-11-5-7-12(8-6-11)15-10-19-16(18)20(15)14-4-2-3-13(17)9-14/h2-9,15H,10H2,1H3,(H2,18,19). The third kappa shape index (κ3) is 2.25. The summed E-state index contributed by atoms with van der Waals surface area (Å²) in [5, 5.41) is 0. The Morgan fingerprint density at radius 2 is 1.95 bits per heavy atom. The van der Waals surface area contributed by atoms with Gasteiger partial charge in [-0.15, -0.1) is 0 Å². The van der Waals surface area contributed by atoms with Crippen LogP contribution in [0.2, 0.25) is 0 Å². The van der Waals surface area contributed by atoms with E-state index in [4.69, 9.17) is 5.73 Å². The predicted octanol–water partition coefficient (Wildman–Crippen LogP) is 3.01. The Labute approximate surface area is 117 Å². The van der Waals surface area contributed by atoms with Crippen LogP contribution in [0, 0.1) is 12.7 Å². The highest BCUT2D eigenvalue weighted by atomic mass is 19.1. The molecule has 0 radical (unpaired) electrons. The molecule has 0 amide bonds. The lowest BCUT2D eigenvalue weighted by molar-refractivity contribution is 0.626. The normalized spacial score (nSPS) is 18.2. The number of nitrogens with zero attached hydrogens (tertiary/aromatic N) is 2. The molecule has 0 saturated carbocycles. The summed E-state index contributed by atoms with van der Waals surface area (Å²) in [7, 11) is 0. The summed E-state index contributed by atoms with van der Waals surface area (Å²) in [5.74, 6) is 0.158. The third-order valence-electron chi connectivity index (χ3n) is 3.53. The van der Waals surface area contributed by atoms with Gasteiger partial charge < -0.3 is 10.6 Å². The summed E-state index contributed by atoms with van der Waals surface area (Å²) >= 11 is 0. The van der Waals surface area contributed by atoms with Gasteiger partial charge in [-0.1, -0.05) is 35.9 Å². The maximum atomic E-state index is 13.4. The van der Waals surface area contributed by atoms with Gasteiger partial charge in [-0.25, -0.2) is 4.39 Å². The first-order chi connectivity index (χ1) is 9.65. The molecule has 2 N–H and O–H groups in total. The van der Waals surface area contributed by atoms with Crippen molar-refractivity contribution in [3.63, 3.8) is 0 Å². The van der Waals surface area contributed by atoms with Crippen LogP contribution in [0.15, 0.2) is 53.5 Å². The molecule has 3 nitrogen and oxygen atoms in total. The van der Waals surface area contributed by atoms with E-state index in [1.54, 1.807) is 6.07 Å². The molecule has 1 heterocycles. The van der Waals surface area contributed by atoms with Gasteiger partial charge in [0.1, 0.15) is 5.82 Å². The van der Waals surface area contributed by atoms with Crippen molar-refractivity contribution in [3.8, 4) is 0 Å². The number of hydrogen-bond donors (Lipinski definition) is 1. The van der Waals surface area contributed by atoms with Gasteiger partial charge in [-0.3, -0.25) is 4.99 Å². The summed E-state index contributed by atoms with van der Waals surface area (Å²) in [6, 6.07) is 14.7.